The smallest absolute Gasteiger partial charge is 0.299 e. The molecule has 0 bridgehead atoms. The summed E-state index contributed by atoms with van der Waals surface area (Å²) in [5, 5.41) is 25.0. The summed E-state index contributed by atoms with van der Waals surface area (Å²) in [7, 11) is 0. The first-order chi connectivity index (χ1) is 10.9. The topological polar surface area (TPSA) is 117 Å². The van der Waals surface area contributed by atoms with E-state index in [1.807, 2.05) is 13.8 Å². The number of nitrogens with one attached hydrogen (secondary N) is 1. The zero-order chi connectivity index (χ0) is 17.0. The Morgan fingerprint density at radius 2 is 2.04 bits per heavy atom. The molecule has 1 aromatic rings. The van der Waals surface area contributed by atoms with E-state index in [-0.39, 0.29) is 35.5 Å². The van der Waals surface area contributed by atoms with Crippen molar-refractivity contribution in [3.05, 3.63) is 38.4 Å². The van der Waals surface area contributed by atoms with Gasteiger partial charge in [-0.3, -0.25) is 20.2 Å². The molecule has 0 aliphatic carbocycles. The Morgan fingerprint density at radius 1 is 1.30 bits per heavy atom. The summed E-state index contributed by atoms with van der Waals surface area (Å²) in [4.78, 5) is 20.6. The van der Waals surface area contributed by atoms with Crippen molar-refractivity contribution < 1.29 is 19.3 Å². The van der Waals surface area contributed by atoms with E-state index < -0.39 is 9.85 Å². The number of hydrogen-bond donors (Lipinski definition) is 1. The van der Waals surface area contributed by atoms with Crippen molar-refractivity contribution >= 4 is 17.1 Å². The molecule has 23 heavy (non-hydrogen) atoms. The van der Waals surface area contributed by atoms with Crippen molar-refractivity contribution in [3.63, 3.8) is 0 Å². The molecular weight excluding hydrogens is 306 g/mol. The van der Waals surface area contributed by atoms with Gasteiger partial charge >= 0.3 is 0 Å². The van der Waals surface area contributed by atoms with E-state index in [0.29, 0.717) is 13.0 Å². The number of nitro benzene ring substituents is 2. The van der Waals surface area contributed by atoms with Crippen LogP contribution in [0.25, 0.3) is 0 Å². The predicted molar refractivity (Wildman–Crippen MR) is 82.4 cm³/mol. The lowest BCUT2D eigenvalue weighted by molar-refractivity contribution is -0.393. The fourth-order valence-corrected chi connectivity index (χ4v) is 2.56. The summed E-state index contributed by atoms with van der Waals surface area (Å²) in [6.07, 6.45) is 0.936. The van der Waals surface area contributed by atoms with Crippen LogP contribution in [0, 0.1) is 20.2 Å². The first-order valence-electron chi connectivity index (χ1n) is 7.38. The van der Waals surface area contributed by atoms with Gasteiger partial charge < -0.3 is 14.8 Å². The van der Waals surface area contributed by atoms with Crippen LogP contribution in [0.5, 0.6) is 0 Å². The monoisotopic (exact) mass is 325 g/mol. The van der Waals surface area contributed by atoms with Crippen LogP contribution >= 0.6 is 0 Å². The summed E-state index contributed by atoms with van der Waals surface area (Å²) in [6.45, 7) is 4.31. The zero-order valence-corrected chi connectivity index (χ0v) is 12.9. The first kappa shape index (κ1) is 17.1. The van der Waals surface area contributed by atoms with Gasteiger partial charge in [-0.25, -0.2) is 0 Å². The maximum Gasteiger partial charge on any atom is 0.299 e. The second kappa shape index (κ2) is 7.34. The van der Waals surface area contributed by atoms with Crippen LogP contribution < -0.4 is 5.32 Å². The van der Waals surface area contributed by atoms with Crippen molar-refractivity contribution in [1.29, 1.82) is 0 Å². The van der Waals surface area contributed by atoms with Gasteiger partial charge in [0, 0.05) is 19.1 Å². The highest BCUT2D eigenvalue weighted by Crippen LogP contribution is 2.32. The molecule has 1 fully saturated rings. The Bertz CT molecular complexity index is 594. The fraction of sp³-hybridized carbons (Fsp3) is 0.571. The Hall–Kier alpha value is -2.26. The van der Waals surface area contributed by atoms with Crippen LogP contribution in [-0.2, 0) is 9.47 Å². The molecule has 2 rings (SSSR count). The molecule has 1 saturated heterocycles. The number of hydrogen-bond acceptors (Lipinski definition) is 7. The van der Waals surface area contributed by atoms with Gasteiger partial charge in [-0.15, -0.1) is 0 Å². The molecule has 9 nitrogen and oxygen atoms in total. The van der Waals surface area contributed by atoms with Crippen LogP contribution in [0.4, 0.5) is 17.1 Å². The maximum atomic E-state index is 11.1. The lowest BCUT2D eigenvalue weighted by atomic mass is 10.0. The van der Waals surface area contributed by atoms with E-state index >= 15 is 0 Å². The van der Waals surface area contributed by atoms with Crippen LogP contribution in [0.1, 0.15) is 26.7 Å². The molecule has 3 unspecified atom stereocenters. The van der Waals surface area contributed by atoms with E-state index in [1.165, 1.54) is 12.1 Å². The van der Waals surface area contributed by atoms with E-state index in [2.05, 4.69) is 5.32 Å². The predicted octanol–water partition coefficient (Wildman–Crippen LogP) is 2.85. The second-order valence-electron chi connectivity index (χ2n) is 5.27. The summed E-state index contributed by atoms with van der Waals surface area (Å²) < 4.78 is 11.1. The number of nitrogens with zero attached hydrogens (tertiary/aromatic N) is 2. The molecule has 9 heteroatoms. The fourth-order valence-electron chi connectivity index (χ4n) is 2.56. The lowest BCUT2D eigenvalue weighted by Crippen LogP contribution is -2.42. The molecule has 0 spiro atoms. The lowest BCUT2D eigenvalue weighted by Gasteiger charge is -2.35. The first-order valence-corrected chi connectivity index (χ1v) is 7.38. The third kappa shape index (κ3) is 4.14. The summed E-state index contributed by atoms with van der Waals surface area (Å²) in [5.41, 5.74) is -0.388. The number of anilines is 1. The van der Waals surface area contributed by atoms with E-state index in [4.69, 9.17) is 9.47 Å². The molecule has 1 aliphatic heterocycles. The Labute approximate surface area is 132 Å². The summed E-state index contributed by atoms with van der Waals surface area (Å²) in [6, 6.07) is 3.43. The van der Waals surface area contributed by atoms with Gasteiger partial charge in [-0.2, -0.15) is 0 Å². The molecule has 3 atom stereocenters. The van der Waals surface area contributed by atoms with Crippen LogP contribution in [0.2, 0.25) is 0 Å². The highest BCUT2D eigenvalue weighted by molar-refractivity contribution is 5.65. The number of benzene rings is 1. The Balaban J connectivity index is 2.14. The summed E-state index contributed by atoms with van der Waals surface area (Å²) in [5.74, 6) is 0. The van der Waals surface area contributed by atoms with Gasteiger partial charge in [-0.1, -0.05) is 0 Å². The van der Waals surface area contributed by atoms with Crippen molar-refractivity contribution in [2.24, 2.45) is 0 Å². The maximum absolute atomic E-state index is 11.1. The van der Waals surface area contributed by atoms with Crippen LogP contribution in [0.15, 0.2) is 18.2 Å². The molecule has 1 heterocycles. The van der Waals surface area contributed by atoms with Gasteiger partial charge in [0.1, 0.15) is 5.69 Å². The molecule has 126 valence electrons. The molecule has 0 aromatic heterocycles. The van der Waals surface area contributed by atoms with E-state index in [0.717, 1.165) is 12.5 Å². The SMILES string of the molecule is CCOC1CCC(Nc2ccc([N+](=O)[O-])cc2[N+](=O)[O-])C(C)O1. The Morgan fingerprint density at radius 3 is 2.61 bits per heavy atom. The third-order valence-corrected chi connectivity index (χ3v) is 3.73. The molecular formula is C14H19N3O6. The summed E-state index contributed by atoms with van der Waals surface area (Å²) >= 11 is 0. The van der Waals surface area contributed by atoms with Gasteiger partial charge in [0.2, 0.25) is 0 Å². The van der Waals surface area contributed by atoms with Crippen LogP contribution in [0.3, 0.4) is 0 Å². The van der Waals surface area contributed by atoms with Crippen molar-refractivity contribution in [2.45, 2.75) is 45.1 Å². The standard InChI is InChI=1S/C14H19N3O6/c1-3-22-14-7-6-11(9(2)23-14)15-12-5-4-10(16(18)19)8-13(12)17(20)21/h4-5,8-9,11,14-15H,3,6-7H2,1-2H3. The Kier molecular flexibility index (Phi) is 5.45. The van der Waals surface area contributed by atoms with Crippen molar-refractivity contribution in [2.75, 3.05) is 11.9 Å². The van der Waals surface area contributed by atoms with Gasteiger partial charge in [0.05, 0.1) is 28.1 Å². The van der Waals surface area contributed by atoms with Crippen molar-refractivity contribution in [1.82, 2.24) is 0 Å². The minimum Gasteiger partial charge on any atom is -0.374 e. The zero-order valence-electron chi connectivity index (χ0n) is 12.9. The van der Waals surface area contributed by atoms with E-state index in [9.17, 15) is 20.2 Å². The van der Waals surface area contributed by atoms with Crippen molar-refractivity contribution in [3.8, 4) is 0 Å². The number of non-ortho nitro benzene ring substituents is 1. The third-order valence-electron chi connectivity index (χ3n) is 3.73. The molecule has 0 amide bonds. The molecule has 0 saturated carbocycles. The average Bonchev–Trinajstić information content (AvgIpc) is 2.50. The molecule has 1 N–H and O–H groups in total. The molecule has 1 aliphatic rings. The highest BCUT2D eigenvalue weighted by Gasteiger charge is 2.30. The average molecular weight is 325 g/mol. The number of nitro groups is 2. The quantitative estimate of drug-likeness (QED) is 0.631. The van der Waals surface area contributed by atoms with Crippen LogP contribution in [-0.4, -0.2) is 34.9 Å². The minimum absolute atomic E-state index is 0.133. The molecule has 1 aromatic carbocycles. The number of rotatable bonds is 6. The normalized spacial score (nSPS) is 24.2. The van der Waals surface area contributed by atoms with Gasteiger partial charge in [0.25, 0.3) is 11.4 Å². The van der Waals surface area contributed by atoms with Gasteiger partial charge in [-0.05, 0) is 26.3 Å². The molecule has 0 radical (unpaired) electrons. The largest absolute Gasteiger partial charge is 0.374 e. The minimum atomic E-state index is -0.657. The van der Waals surface area contributed by atoms with Gasteiger partial charge in [0.15, 0.2) is 6.29 Å². The highest BCUT2D eigenvalue weighted by atomic mass is 16.7. The van der Waals surface area contributed by atoms with E-state index in [1.54, 1.807) is 0 Å². The number of ether oxygens (including phenoxy) is 2. The second-order valence-corrected chi connectivity index (χ2v) is 5.27.